The van der Waals surface area contributed by atoms with E-state index in [1.165, 1.54) is 12.5 Å². The summed E-state index contributed by atoms with van der Waals surface area (Å²) in [6, 6.07) is 21.8. The van der Waals surface area contributed by atoms with Gasteiger partial charge in [0.1, 0.15) is 5.75 Å². The highest BCUT2D eigenvalue weighted by Crippen LogP contribution is 2.31. The third-order valence-electron chi connectivity index (χ3n) is 5.10. The number of nitrogens with zero attached hydrogens (tertiary/aromatic N) is 2. The number of carbonyl (C=O) groups is 1. The Kier molecular flexibility index (Phi) is 5.99. The van der Waals surface area contributed by atoms with Crippen LogP contribution in [-0.4, -0.2) is 17.9 Å². The summed E-state index contributed by atoms with van der Waals surface area (Å²) in [6.45, 7) is 3.96. The number of hydrogen-bond donors (Lipinski definition) is 1. The molecule has 0 radical (unpaired) electrons. The zero-order valence-electron chi connectivity index (χ0n) is 16.9. The fourth-order valence-corrected chi connectivity index (χ4v) is 3.50. The first kappa shape index (κ1) is 20.2. The number of nitriles is 1. The molecule has 146 valence electrons. The van der Waals surface area contributed by atoms with E-state index in [0.29, 0.717) is 23.2 Å². The van der Waals surface area contributed by atoms with Crippen LogP contribution in [0.2, 0.25) is 0 Å². The van der Waals surface area contributed by atoms with Gasteiger partial charge < -0.3 is 10.0 Å². The fraction of sp³-hybridized carbons (Fsp3) is 0.200. The molecule has 0 saturated heterocycles. The van der Waals surface area contributed by atoms with Gasteiger partial charge in [-0.15, -0.1) is 0 Å². The third kappa shape index (κ3) is 4.64. The van der Waals surface area contributed by atoms with Crippen molar-refractivity contribution in [1.29, 1.82) is 5.26 Å². The SMILES string of the molecule is CC(=O)c1ccc(N(C)Cc2ccc(Cc3cccc(C#N)c3)cc2)c(C)c1O. The fourth-order valence-electron chi connectivity index (χ4n) is 3.50. The van der Waals surface area contributed by atoms with E-state index in [1.54, 1.807) is 6.07 Å². The van der Waals surface area contributed by atoms with Gasteiger partial charge in [0.2, 0.25) is 0 Å². The second kappa shape index (κ2) is 8.62. The number of benzene rings is 3. The second-order valence-electron chi connectivity index (χ2n) is 7.32. The van der Waals surface area contributed by atoms with Crippen molar-refractivity contribution in [3.63, 3.8) is 0 Å². The average Bonchev–Trinajstić information content (AvgIpc) is 2.71. The number of carbonyl (C=O) groups excluding carboxylic acids is 1. The number of ketones is 1. The van der Waals surface area contributed by atoms with Crippen LogP contribution in [0.4, 0.5) is 5.69 Å². The molecule has 3 aromatic carbocycles. The van der Waals surface area contributed by atoms with Crippen molar-refractivity contribution in [2.45, 2.75) is 26.8 Å². The summed E-state index contributed by atoms with van der Waals surface area (Å²) < 4.78 is 0. The Morgan fingerprint density at radius 3 is 2.38 bits per heavy atom. The predicted octanol–water partition coefficient (Wildman–Crippen LogP) is 5.00. The van der Waals surface area contributed by atoms with E-state index >= 15 is 0 Å². The van der Waals surface area contributed by atoms with Crippen LogP contribution in [0.3, 0.4) is 0 Å². The lowest BCUT2D eigenvalue weighted by Crippen LogP contribution is -2.17. The summed E-state index contributed by atoms with van der Waals surface area (Å²) in [5.41, 5.74) is 6.08. The van der Waals surface area contributed by atoms with Gasteiger partial charge in [0.25, 0.3) is 0 Å². The lowest BCUT2D eigenvalue weighted by atomic mass is 10.0. The van der Waals surface area contributed by atoms with Gasteiger partial charge in [-0.3, -0.25) is 4.79 Å². The maximum atomic E-state index is 11.6. The number of hydrogen-bond acceptors (Lipinski definition) is 4. The summed E-state index contributed by atoms with van der Waals surface area (Å²) in [6.07, 6.45) is 0.783. The largest absolute Gasteiger partial charge is 0.507 e. The summed E-state index contributed by atoms with van der Waals surface area (Å²) in [7, 11) is 1.97. The highest BCUT2D eigenvalue weighted by molar-refractivity contribution is 5.97. The lowest BCUT2D eigenvalue weighted by Gasteiger charge is -2.23. The molecule has 4 nitrogen and oxygen atoms in total. The van der Waals surface area contributed by atoms with E-state index < -0.39 is 0 Å². The first-order chi connectivity index (χ1) is 13.9. The molecule has 0 aliphatic rings. The maximum Gasteiger partial charge on any atom is 0.163 e. The Labute approximate surface area is 171 Å². The molecule has 0 amide bonds. The van der Waals surface area contributed by atoms with Crippen molar-refractivity contribution in [1.82, 2.24) is 0 Å². The Morgan fingerprint density at radius 1 is 1.03 bits per heavy atom. The minimum atomic E-state index is -0.143. The maximum absolute atomic E-state index is 11.6. The van der Waals surface area contributed by atoms with Crippen molar-refractivity contribution >= 4 is 11.5 Å². The molecule has 0 spiro atoms. The Balaban J connectivity index is 1.72. The summed E-state index contributed by atoms with van der Waals surface area (Å²) >= 11 is 0. The van der Waals surface area contributed by atoms with Gasteiger partial charge in [-0.25, -0.2) is 0 Å². The summed E-state index contributed by atoms with van der Waals surface area (Å²) in [5.74, 6) is -0.0903. The van der Waals surface area contributed by atoms with E-state index in [9.17, 15) is 9.90 Å². The number of phenolic OH excluding ortho intramolecular Hbond substituents is 1. The Bertz CT molecular complexity index is 1080. The van der Waals surface area contributed by atoms with Crippen LogP contribution in [0.15, 0.2) is 60.7 Å². The van der Waals surface area contributed by atoms with Crippen molar-refractivity contribution < 1.29 is 9.90 Å². The quantitative estimate of drug-likeness (QED) is 0.607. The monoisotopic (exact) mass is 384 g/mol. The van der Waals surface area contributed by atoms with Crippen LogP contribution in [0, 0.1) is 18.3 Å². The molecule has 3 aromatic rings. The molecule has 4 heteroatoms. The summed E-state index contributed by atoms with van der Waals surface area (Å²) in [5, 5.41) is 19.3. The highest BCUT2D eigenvalue weighted by atomic mass is 16.3. The zero-order chi connectivity index (χ0) is 21.0. The first-order valence-corrected chi connectivity index (χ1v) is 9.50. The molecule has 0 heterocycles. The Morgan fingerprint density at radius 2 is 1.72 bits per heavy atom. The summed E-state index contributed by atoms with van der Waals surface area (Å²) in [4.78, 5) is 13.7. The van der Waals surface area contributed by atoms with Crippen molar-refractivity contribution in [3.05, 3.63) is 94.0 Å². The van der Waals surface area contributed by atoms with E-state index in [-0.39, 0.29) is 11.5 Å². The second-order valence-corrected chi connectivity index (χ2v) is 7.32. The van der Waals surface area contributed by atoms with Crippen LogP contribution in [0.5, 0.6) is 5.75 Å². The highest BCUT2D eigenvalue weighted by Gasteiger charge is 2.14. The number of rotatable bonds is 6. The number of aromatic hydroxyl groups is 1. The van der Waals surface area contributed by atoms with Crippen LogP contribution in [0.1, 0.15) is 45.1 Å². The molecule has 1 N–H and O–H groups in total. The van der Waals surface area contributed by atoms with Crippen LogP contribution >= 0.6 is 0 Å². The molecule has 0 saturated carbocycles. The third-order valence-corrected chi connectivity index (χ3v) is 5.10. The van der Waals surface area contributed by atoms with Gasteiger partial charge in [0, 0.05) is 24.8 Å². The van der Waals surface area contributed by atoms with Crippen LogP contribution in [0.25, 0.3) is 0 Å². The normalized spacial score (nSPS) is 10.4. The van der Waals surface area contributed by atoms with Gasteiger partial charge in [-0.05, 0) is 61.2 Å². The number of phenols is 1. The van der Waals surface area contributed by atoms with E-state index in [1.807, 2.05) is 44.3 Å². The molecule has 3 rings (SSSR count). The van der Waals surface area contributed by atoms with Crippen LogP contribution < -0.4 is 4.90 Å². The van der Waals surface area contributed by atoms with E-state index in [0.717, 1.165) is 23.2 Å². The minimum absolute atomic E-state index is 0.0526. The number of Topliss-reactive ketones (excluding diaryl/α,β-unsaturated/α-hetero) is 1. The first-order valence-electron chi connectivity index (χ1n) is 9.50. The van der Waals surface area contributed by atoms with Crippen LogP contribution in [-0.2, 0) is 13.0 Å². The molecule has 29 heavy (non-hydrogen) atoms. The van der Waals surface area contributed by atoms with Crippen molar-refractivity contribution in [2.75, 3.05) is 11.9 Å². The molecule has 0 atom stereocenters. The van der Waals surface area contributed by atoms with Gasteiger partial charge in [0.15, 0.2) is 5.78 Å². The molecule has 0 aliphatic carbocycles. The lowest BCUT2D eigenvalue weighted by molar-refractivity contribution is 0.101. The van der Waals surface area contributed by atoms with Gasteiger partial charge in [-0.2, -0.15) is 5.26 Å². The van der Waals surface area contributed by atoms with Crippen molar-refractivity contribution in [3.8, 4) is 11.8 Å². The Hall–Kier alpha value is -3.58. The zero-order valence-corrected chi connectivity index (χ0v) is 16.9. The minimum Gasteiger partial charge on any atom is -0.507 e. The smallest absolute Gasteiger partial charge is 0.163 e. The van der Waals surface area contributed by atoms with Gasteiger partial charge in [-0.1, -0.05) is 36.4 Å². The van der Waals surface area contributed by atoms with Gasteiger partial charge in [0.05, 0.1) is 17.2 Å². The van der Waals surface area contributed by atoms with E-state index in [2.05, 4.69) is 35.2 Å². The topological polar surface area (TPSA) is 64.3 Å². The van der Waals surface area contributed by atoms with Gasteiger partial charge >= 0.3 is 0 Å². The molecular formula is C25H24N2O2. The molecular weight excluding hydrogens is 360 g/mol. The standard InChI is InChI=1S/C25H24N2O2/c1-17-24(12-11-23(18(2)28)25(17)29)27(3)16-20-9-7-19(8-10-20)13-21-5-4-6-22(14-21)15-26/h4-12,14,29H,13,16H2,1-3H3. The number of anilines is 1. The average molecular weight is 384 g/mol. The molecule has 0 aromatic heterocycles. The predicted molar refractivity (Wildman–Crippen MR) is 115 cm³/mol. The molecule has 0 aliphatic heterocycles. The molecule has 0 unspecified atom stereocenters. The molecule has 0 fully saturated rings. The van der Waals surface area contributed by atoms with E-state index in [4.69, 9.17) is 5.26 Å². The molecule has 0 bridgehead atoms. The van der Waals surface area contributed by atoms with Crippen molar-refractivity contribution in [2.24, 2.45) is 0 Å².